The number of rotatable bonds is 0. The molecular formula is C12H15N. The van der Waals surface area contributed by atoms with Crippen LogP contribution in [0.25, 0.3) is 0 Å². The molecule has 13 heavy (non-hydrogen) atoms. The molecule has 1 aromatic carbocycles. The minimum Gasteiger partial charge on any atom is -0.324 e. The zero-order valence-corrected chi connectivity index (χ0v) is 8.01. The van der Waals surface area contributed by atoms with E-state index in [9.17, 15) is 0 Å². The maximum Gasteiger partial charge on any atom is 0.0306 e. The lowest BCUT2D eigenvalue weighted by atomic mass is 9.98. The Bertz CT molecular complexity index is 363. The van der Waals surface area contributed by atoms with E-state index >= 15 is 0 Å². The summed E-state index contributed by atoms with van der Waals surface area (Å²) in [5, 5.41) is 0. The van der Waals surface area contributed by atoms with Gasteiger partial charge in [-0.15, -0.1) is 0 Å². The van der Waals surface area contributed by atoms with Crippen LogP contribution in [-0.2, 0) is 5.41 Å². The topological polar surface area (TPSA) is 26.0 Å². The molecule has 2 N–H and O–H groups in total. The number of fused-ring (bicyclic) bond motifs is 2. The second-order valence-electron chi connectivity index (χ2n) is 4.68. The fourth-order valence-corrected chi connectivity index (χ4v) is 2.74. The summed E-state index contributed by atoms with van der Waals surface area (Å²) >= 11 is 0. The molecule has 3 rings (SSSR count). The molecule has 1 aromatic rings. The van der Waals surface area contributed by atoms with Crippen LogP contribution in [0, 0.1) is 6.92 Å². The van der Waals surface area contributed by atoms with Crippen LogP contribution in [-0.4, -0.2) is 0 Å². The molecule has 1 unspecified atom stereocenters. The number of hydrogen-bond acceptors (Lipinski definition) is 1. The Hall–Kier alpha value is -0.820. The molecule has 68 valence electrons. The van der Waals surface area contributed by atoms with E-state index in [1.807, 2.05) is 0 Å². The Morgan fingerprint density at radius 1 is 1.38 bits per heavy atom. The van der Waals surface area contributed by atoms with Gasteiger partial charge in [-0.05, 0) is 42.7 Å². The Balaban J connectivity index is 2.19. The summed E-state index contributed by atoms with van der Waals surface area (Å²) in [6.45, 7) is 2.14. The number of benzene rings is 1. The van der Waals surface area contributed by atoms with Crippen molar-refractivity contribution >= 4 is 0 Å². The van der Waals surface area contributed by atoms with E-state index in [1.54, 1.807) is 5.56 Å². The van der Waals surface area contributed by atoms with Crippen molar-refractivity contribution in [2.24, 2.45) is 5.73 Å². The Morgan fingerprint density at radius 3 is 2.85 bits per heavy atom. The van der Waals surface area contributed by atoms with Crippen molar-refractivity contribution in [1.82, 2.24) is 0 Å². The van der Waals surface area contributed by atoms with Crippen molar-refractivity contribution in [3.8, 4) is 0 Å². The van der Waals surface area contributed by atoms with E-state index in [4.69, 9.17) is 5.73 Å². The maximum absolute atomic E-state index is 6.13. The summed E-state index contributed by atoms with van der Waals surface area (Å²) in [4.78, 5) is 0. The first kappa shape index (κ1) is 7.57. The first-order valence-electron chi connectivity index (χ1n) is 5.08. The van der Waals surface area contributed by atoms with Gasteiger partial charge in [0.05, 0.1) is 0 Å². The number of hydrogen-bond donors (Lipinski definition) is 1. The van der Waals surface area contributed by atoms with Crippen molar-refractivity contribution in [3.05, 3.63) is 34.9 Å². The van der Waals surface area contributed by atoms with Crippen LogP contribution in [0.5, 0.6) is 0 Å². The van der Waals surface area contributed by atoms with Crippen LogP contribution in [0.4, 0.5) is 0 Å². The highest BCUT2D eigenvalue weighted by Crippen LogP contribution is 2.59. The van der Waals surface area contributed by atoms with Gasteiger partial charge < -0.3 is 5.73 Å². The minimum absolute atomic E-state index is 0.303. The van der Waals surface area contributed by atoms with Crippen LogP contribution in [0.1, 0.15) is 42.0 Å². The SMILES string of the molecule is Cc1ccc2c(c1)C(N)CC21CC1. The number of aryl methyl sites for hydroxylation is 1. The van der Waals surface area contributed by atoms with Gasteiger partial charge in [-0.3, -0.25) is 0 Å². The minimum atomic E-state index is 0.303. The molecule has 0 aliphatic heterocycles. The Kier molecular flexibility index (Phi) is 1.26. The second kappa shape index (κ2) is 2.16. The molecule has 0 aromatic heterocycles. The molecular weight excluding hydrogens is 158 g/mol. The third-order valence-electron chi connectivity index (χ3n) is 3.64. The molecule has 0 radical (unpaired) electrons. The van der Waals surface area contributed by atoms with Gasteiger partial charge in [0.25, 0.3) is 0 Å². The molecule has 0 bridgehead atoms. The zero-order chi connectivity index (χ0) is 9.05. The molecule has 1 nitrogen and oxygen atoms in total. The molecule has 1 fully saturated rings. The molecule has 1 atom stereocenters. The fraction of sp³-hybridized carbons (Fsp3) is 0.500. The first-order valence-corrected chi connectivity index (χ1v) is 5.08. The first-order chi connectivity index (χ1) is 6.21. The average molecular weight is 173 g/mol. The summed E-state index contributed by atoms with van der Waals surface area (Å²) < 4.78 is 0. The molecule has 2 aliphatic rings. The largest absolute Gasteiger partial charge is 0.324 e. The van der Waals surface area contributed by atoms with Crippen molar-refractivity contribution in [2.45, 2.75) is 37.6 Å². The van der Waals surface area contributed by atoms with Crippen LogP contribution in [0.3, 0.4) is 0 Å². The molecule has 0 heterocycles. The van der Waals surface area contributed by atoms with Gasteiger partial charge in [-0.2, -0.15) is 0 Å². The highest BCUT2D eigenvalue weighted by atomic mass is 14.7. The highest BCUT2D eigenvalue weighted by molar-refractivity contribution is 5.47. The lowest BCUT2D eigenvalue weighted by Gasteiger charge is -2.07. The second-order valence-corrected chi connectivity index (χ2v) is 4.68. The van der Waals surface area contributed by atoms with Gasteiger partial charge in [0, 0.05) is 6.04 Å². The normalized spacial score (nSPS) is 27.7. The summed E-state index contributed by atoms with van der Waals surface area (Å²) in [5.74, 6) is 0. The van der Waals surface area contributed by atoms with E-state index < -0.39 is 0 Å². The molecule has 2 aliphatic carbocycles. The monoisotopic (exact) mass is 173 g/mol. The quantitative estimate of drug-likeness (QED) is 0.640. The number of nitrogens with two attached hydrogens (primary N) is 1. The molecule has 1 saturated carbocycles. The van der Waals surface area contributed by atoms with E-state index in [-0.39, 0.29) is 0 Å². The van der Waals surface area contributed by atoms with Crippen LogP contribution in [0.15, 0.2) is 18.2 Å². The maximum atomic E-state index is 6.13. The summed E-state index contributed by atoms with van der Waals surface area (Å²) in [5.41, 5.74) is 10.9. The van der Waals surface area contributed by atoms with Crippen molar-refractivity contribution in [2.75, 3.05) is 0 Å². The van der Waals surface area contributed by atoms with E-state index in [0.717, 1.165) is 0 Å². The third-order valence-corrected chi connectivity index (χ3v) is 3.64. The van der Waals surface area contributed by atoms with E-state index in [0.29, 0.717) is 11.5 Å². The standard InChI is InChI=1S/C12H15N/c1-8-2-3-10-9(6-8)11(13)7-12(10)4-5-12/h2-3,6,11H,4-5,7,13H2,1H3. The van der Waals surface area contributed by atoms with Crippen LogP contribution < -0.4 is 5.73 Å². The smallest absolute Gasteiger partial charge is 0.0306 e. The predicted octanol–water partition coefficient (Wildman–Crippen LogP) is 2.43. The lowest BCUT2D eigenvalue weighted by Crippen LogP contribution is -2.07. The van der Waals surface area contributed by atoms with E-state index in [2.05, 4.69) is 25.1 Å². The van der Waals surface area contributed by atoms with Gasteiger partial charge in [0.2, 0.25) is 0 Å². The summed E-state index contributed by atoms with van der Waals surface area (Å²) in [7, 11) is 0. The summed E-state index contributed by atoms with van der Waals surface area (Å²) in [6, 6.07) is 7.09. The van der Waals surface area contributed by atoms with E-state index in [1.165, 1.54) is 30.4 Å². The zero-order valence-electron chi connectivity index (χ0n) is 8.01. The lowest BCUT2D eigenvalue weighted by molar-refractivity contribution is 0.597. The van der Waals surface area contributed by atoms with Gasteiger partial charge in [0.1, 0.15) is 0 Å². The van der Waals surface area contributed by atoms with Crippen molar-refractivity contribution in [3.63, 3.8) is 0 Å². The Morgan fingerprint density at radius 2 is 2.15 bits per heavy atom. The summed E-state index contributed by atoms with van der Waals surface area (Å²) in [6.07, 6.45) is 3.90. The average Bonchev–Trinajstić information content (AvgIpc) is 2.79. The highest BCUT2D eigenvalue weighted by Gasteiger charge is 2.50. The Labute approximate surface area is 78.9 Å². The van der Waals surface area contributed by atoms with Crippen LogP contribution >= 0.6 is 0 Å². The van der Waals surface area contributed by atoms with Crippen LogP contribution in [0.2, 0.25) is 0 Å². The van der Waals surface area contributed by atoms with Gasteiger partial charge >= 0.3 is 0 Å². The molecule has 1 heteroatoms. The van der Waals surface area contributed by atoms with Gasteiger partial charge in [-0.1, -0.05) is 23.8 Å². The van der Waals surface area contributed by atoms with Gasteiger partial charge in [-0.25, -0.2) is 0 Å². The molecule has 0 amide bonds. The van der Waals surface area contributed by atoms with Gasteiger partial charge in [0.15, 0.2) is 0 Å². The molecule has 1 spiro atoms. The predicted molar refractivity (Wildman–Crippen MR) is 53.6 cm³/mol. The van der Waals surface area contributed by atoms with Crippen molar-refractivity contribution < 1.29 is 0 Å². The molecule has 0 saturated heterocycles. The third kappa shape index (κ3) is 0.910. The fourth-order valence-electron chi connectivity index (χ4n) is 2.74. The van der Waals surface area contributed by atoms with Crippen molar-refractivity contribution in [1.29, 1.82) is 0 Å².